The van der Waals surface area contributed by atoms with Crippen molar-refractivity contribution < 1.29 is 9.90 Å². The number of nitrogen functional groups attached to an aromatic ring is 1. The molecule has 6 nitrogen and oxygen atoms in total. The lowest BCUT2D eigenvalue weighted by Crippen LogP contribution is -2.12. The maximum absolute atomic E-state index is 10.4. The highest BCUT2D eigenvalue weighted by Gasteiger charge is 2.15. The number of aromatic nitrogens is 2. The Balaban J connectivity index is 3.15. The average molecular weight is 194 g/mol. The molecule has 0 aliphatic heterocycles. The van der Waals surface area contributed by atoms with E-state index in [1.165, 1.54) is 0 Å². The SMILES string of the molecule is CCc1nn(CC(=O)O)c(N)c1C#N. The molecule has 14 heavy (non-hydrogen) atoms. The standard InChI is InChI=1S/C8H10N4O2/c1-2-6-5(3-9)8(10)12(11-6)4-7(13)14/h2,4,10H2,1H3,(H,13,14). The molecule has 0 amide bonds. The fourth-order valence-corrected chi connectivity index (χ4v) is 1.14. The molecule has 1 aromatic heterocycles. The number of hydrogen-bond acceptors (Lipinski definition) is 4. The second kappa shape index (κ2) is 3.79. The monoisotopic (exact) mass is 194 g/mol. The Labute approximate surface area is 80.6 Å². The fraction of sp³-hybridized carbons (Fsp3) is 0.375. The molecule has 0 aliphatic rings. The minimum atomic E-state index is -1.04. The molecular formula is C8H10N4O2. The third-order valence-corrected chi connectivity index (χ3v) is 1.80. The molecule has 74 valence electrons. The number of nitrogens with zero attached hydrogens (tertiary/aromatic N) is 3. The van der Waals surface area contributed by atoms with Crippen molar-refractivity contribution in [2.24, 2.45) is 0 Å². The molecule has 1 aromatic rings. The number of nitriles is 1. The van der Waals surface area contributed by atoms with Gasteiger partial charge >= 0.3 is 5.97 Å². The van der Waals surface area contributed by atoms with Crippen molar-refractivity contribution in [2.45, 2.75) is 19.9 Å². The number of rotatable bonds is 3. The highest BCUT2D eigenvalue weighted by atomic mass is 16.4. The number of aryl methyl sites for hydroxylation is 1. The maximum atomic E-state index is 10.4. The summed E-state index contributed by atoms with van der Waals surface area (Å²) >= 11 is 0. The zero-order valence-corrected chi connectivity index (χ0v) is 7.69. The van der Waals surface area contributed by atoms with Gasteiger partial charge < -0.3 is 10.8 Å². The molecule has 6 heteroatoms. The van der Waals surface area contributed by atoms with Crippen LogP contribution in [-0.2, 0) is 17.8 Å². The van der Waals surface area contributed by atoms with E-state index in [0.29, 0.717) is 12.1 Å². The Kier molecular flexibility index (Phi) is 2.72. The lowest BCUT2D eigenvalue weighted by molar-refractivity contribution is -0.137. The van der Waals surface area contributed by atoms with E-state index in [1.54, 1.807) is 0 Å². The first-order valence-electron chi connectivity index (χ1n) is 4.07. The van der Waals surface area contributed by atoms with Crippen LogP contribution >= 0.6 is 0 Å². The summed E-state index contributed by atoms with van der Waals surface area (Å²) in [5.74, 6) is -0.918. The number of anilines is 1. The molecule has 0 saturated carbocycles. The number of aliphatic carboxylic acids is 1. The maximum Gasteiger partial charge on any atom is 0.325 e. The first-order valence-corrected chi connectivity index (χ1v) is 4.07. The molecule has 0 fully saturated rings. The summed E-state index contributed by atoms with van der Waals surface area (Å²) in [5, 5.41) is 21.2. The van der Waals surface area contributed by atoms with E-state index in [2.05, 4.69) is 5.10 Å². The van der Waals surface area contributed by atoms with Crippen molar-refractivity contribution in [1.29, 1.82) is 5.26 Å². The molecule has 0 spiro atoms. The molecule has 0 radical (unpaired) electrons. The van der Waals surface area contributed by atoms with Crippen LogP contribution in [0.1, 0.15) is 18.2 Å². The summed E-state index contributed by atoms with van der Waals surface area (Å²) in [7, 11) is 0. The van der Waals surface area contributed by atoms with Crippen LogP contribution in [-0.4, -0.2) is 20.9 Å². The summed E-state index contributed by atoms with van der Waals surface area (Å²) in [6.45, 7) is 1.51. The van der Waals surface area contributed by atoms with Gasteiger partial charge in [0.2, 0.25) is 0 Å². The second-order valence-electron chi connectivity index (χ2n) is 2.72. The van der Waals surface area contributed by atoms with Gasteiger partial charge in [-0.05, 0) is 6.42 Å². The first-order chi connectivity index (χ1) is 6.60. The van der Waals surface area contributed by atoms with Crippen LogP contribution in [0.25, 0.3) is 0 Å². The van der Waals surface area contributed by atoms with Gasteiger partial charge in [-0.3, -0.25) is 4.79 Å². The minimum Gasteiger partial charge on any atom is -0.480 e. The van der Waals surface area contributed by atoms with Gasteiger partial charge in [0.05, 0.1) is 5.69 Å². The molecule has 0 atom stereocenters. The van der Waals surface area contributed by atoms with Crippen LogP contribution in [0.2, 0.25) is 0 Å². The molecule has 0 aromatic carbocycles. The lowest BCUT2D eigenvalue weighted by atomic mass is 10.2. The number of carboxylic acids is 1. The average Bonchev–Trinajstić information content (AvgIpc) is 2.42. The third kappa shape index (κ3) is 1.66. The van der Waals surface area contributed by atoms with Crippen molar-refractivity contribution in [1.82, 2.24) is 9.78 Å². The summed E-state index contributed by atoms with van der Waals surface area (Å²) in [6, 6.07) is 1.91. The highest BCUT2D eigenvalue weighted by Crippen LogP contribution is 2.15. The molecule has 0 saturated heterocycles. The summed E-state index contributed by atoms with van der Waals surface area (Å²) in [6.07, 6.45) is 0.555. The number of carboxylic acid groups (broad SMARTS) is 1. The van der Waals surface area contributed by atoms with Crippen LogP contribution in [0, 0.1) is 11.3 Å². The molecule has 1 rings (SSSR count). The van der Waals surface area contributed by atoms with Gasteiger partial charge in [-0.2, -0.15) is 10.4 Å². The summed E-state index contributed by atoms with van der Waals surface area (Å²) in [4.78, 5) is 10.4. The first kappa shape index (κ1) is 10.1. The van der Waals surface area contributed by atoms with Crippen LogP contribution < -0.4 is 5.73 Å². The van der Waals surface area contributed by atoms with Crippen LogP contribution in [0.15, 0.2) is 0 Å². The van der Waals surface area contributed by atoms with Crippen LogP contribution in [0.3, 0.4) is 0 Å². The number of hydrogen-bond donors (Lipinski definition) is 2. The van der Waals surface area contributed by atoms with Crippen molar-refractivity contribution in [3.05, 3.63) is 11.3 Å². The molecule has 0 bridgehead atoms. The lowest BCUT2D eigenvalue weighted by Gasteiger charge is -1.97. The molecule has 1 heterocycles. The fourth-order valence-electron chi connectivity index (χ4n) is 1.14. The zero-order valence-electron chi connectivity index (χ0n) is 7.69. The van der Waals surface area contributed by atoms with Gasteiger partial charge in [0, 0.05) is 0 Å². The van der Waals surface area contributed by atoms with Crippen LogP contribution in [0.5, 0.6) is 0 Å². The van der Waals surface area contributed by atoms with E-state index < -0.39 is 5.97 Å². The molecule has 0 unspecified atom stereocenters. The van der Waals surface area contributed by atoms with Crippen molar-refractivity contribution in [3.8, 4) is 6.07 Å². The number of carbonyl (C=O) groups is 1. The van der Waals surface area contributed by atoms with E-state index in [1.807, 2.05) is 13.0 Å². The largest absolute Gasteiger partial charge is 0.480 e. The Hall–Kier alpha value is -2.03. The topological polar surface area (TPSA) is 105 Å². The normalized spacial score (nSPS) is 9.71. The van der Waals surface area contributed by atoms with E-state index in [-0.39, 0.29) is 17.9 Å². The third-order valence-electron chi connectivity index (χ3n) is 1.80. The number of nitrogens with two attached hydrogens (primary N) is 1. The van der Waals surface area contributed by atoms with Gasteiger partial charge in [-0.1, -0.05) is 6.92 Å². The quantitative estimate of drug-likeness (QED) is 0.703. The molecule has 3 N–H and O–H groups in total. The summed E-state index contributed by atoms with van der Waals surface area (Å²) in [5.41, 5.74) is 6.36. The van der Waals surface area contributed by atoms with E-state index in [9.17, 15) is 4.79 Å². The van der Waals surface area contributed by atoms with Crippen molar-refractivity contribution in [2.75, 3.05) is 5.73 Å². The Morgan fingerprint density at radius 2 is 2.43 bits per heavy atom. The van der Waals surface area contributed by atoms with E-state index in [4.69, 9.17) is 16.1 Å². The smallest absolute Gasteiger partial charge is 0.325 e. The van der Waals surface area contributed by atoms with Crippen LogP contribution in [0.4, 0.5) is 5.82 Å². The molecular weight excluding hydrogens is 184 g/mol. The predicted molar refractivity (Wildman–Crippen MR) is 48.4 cm³/mol. The Morgan fingerprint density at radius 1 is 1.79 bits per heavy atom. The van der Waals surface area contributed by atoms with Gasteiger partial charge in [-0.25, -0.2) is 4.68 Å². The van der Waals surface area contributed by atoms with E-state index in [0.717, 1.165) is 4.68 Å². The van der Waals surface area contributed by atoms with E-state index >= 15 is 0 Å². The van der Waals surface area contributed by atoms with Gasteiger partial charge in [0.1, 0.15) is 24.0 Å². The molecule has 0 aliphatic carbocycles. The van der Waals surface area contributed by atoms with Gasteiger partial charge in [0.25, 0.3) is 0 Å². The Morgan fingerprint density at radius 3 is 2.79 bits per heavy atom. The zero-order chi connectivity index (χ0) is 10.7. The predicted octanol–water partition coefficient (Wildman–Crippen LogP) is -0.0160. The van der Waals surface area contributed by atoms with Crippen molar-refractivity contribution in [3.63, 3.8) is 0 Å². The summed E-state index contributed by atoms with van der Waals surface area (Å²) < 4.78 is 1.12. The second-order valence-corrected chi connectivity index (χ2v) is 2.72. The van der Waals surface area contributed by atoms with Gasteiger partial charge in [-0.15, -0.1) is 0 Å². The minimum absolute atomic E-state index is 0.117. The Bertz CT molecular complexity index is 402. The van der Waals surface area contributed by atoms with Gasteiger partial charge in [0.15, 0.2) is 0 Å². The highest BCUT2D eigenvalue weighted by molar-refractivity contribution is 5.67. The van der Waals surface area contributed by atoms with Crippen molar-refractivity contribution >= 4 is 11.8 Å².